The van der Waals surface area contributed by atoms with Gasteiger partial charge in [-0.15, -0.1) is 0 Å². The molecule has 1 atom stereocenters. The number of carbonyl (C=O) groups is 2. The predicted octanol–water partition coefficient (Wildman–Crippen LogP) is 5.39. The van der Waals surface area contributed by atoms with Gasteiger partial charge in [-0.3, -0.25) is 9.59 Å². The molecule has 0 radical (unpaired) electrons. The van der Waals surface area contributed by atoms with Gasteiger partial charge in [0.2, 0.25) is 0 Å². The van der Waals surface area contributed by atoms with E-state index >= 15 is 0 Å². The van der Waals surface area contributed by atoms with Gasteiger partial charge in [0.15, 0.2) is 11.6 Å². The minimum absolute atomic E-state index is 0.0206. The van der Waals surface area contributed by atoms with Crippen LogP contribution in [0.15, 0.2) is 69.8 Å². The molecule has 1 N–H and O–H groups in total. The zero-order valence-corrected chi connectivity index (χ0v) is 17.4. The quantitative estimate of drug-likeness (QED) is 0.655. The molecule has 2 aromatic rings. The molecule has 4 heteroatoms. The molecular weight excluding hydrogens is 414 g/mol. The molecule has 0 fully saturated rings. The highest BCUT2D eigenvalue weighted by Crippen LogP contribution is 2.51. The fourth-order valence-corrected chi connectivity index (χ4v) is 5.23. The van der Waals surface area contributed by atoms with E-state index in [1.165, 1.54) is 0 Å². The molecule has 28 heavy (non-hydrogen) atoms. The van der Waals surface area contributed by atoms with Crippen molar-refractivity contribution in [2.75, 3.05) is 0 Å². The van der Waals surface area contributed by atoms with Crippen LogP contribution < -0.4 is 5.32 Å². The van der Waals surface area contributed by atoms with Crippen LogP contribution in [0, 0.1) is 5.41 Å². The summed E-state index contributed by atoms with van der Waals surface area (Å²) in [4.78, 5) is 26.6. The second kappa shape index (κ2) is 6.02. The summed E-state index contributed by atoms with van der Waals surface area (Å²) in [6.45, 7) is 4.25. The molecule has 5 rings (SSSR count). The molecule has 140 valence electrons. The Kier molecular flexibility index (Phi) is 3.79. The van der Waals surface area contributed by atoms with Crippen LogP contribution in [-0.2, 0) is 4.79 Å². The maximum atomic E-state index is 13.4. The highest BCUT2D eigenvalue weighted by molar-refractivity contribution is 9.10. The second-order valence-corrected chi connectivity index (χ2v) is 9.53. The topological polar surface area (TPSA) is 46.2 Å². The number of nitrogens with one attached hydrogen (secondary N) is 1. The van der Waals surface area contributed by atoms with Crippen molar-refractivity contribution in [1.29, 1.82) is 0 Å². The van der Waals surface area contributed by atoms with Gasteiger partial charge >= 0.3 is 0 Å². The standard InChI is InChI=1S/C24H20BrNO2/c1-24(2)11-17-20(18(27)12-24)19(13-6-5-7-14(25)10-13)21-22(26-17)15-8-3-4-9-16(15)23(21)28/h3-10,19,26H,11-12H2,1-2H3/t19-/m0/s1. The van der Waals surface area contributed by atoms with Crippen LogP contribution in [0.1, 0.15) is 54.1 Å². The van der Waals surface area contributed by atoms with Gasteiger partial charge in [-0.1, -0.05) is 66.2 Å². The lowest BCUT2D eigenvalue weighted by molar-refractivity contribution is -0.118. The Morgan fingerprint density at radius 3 is 2.46 bits per heavy atom. The monoisotopic (exact) mass is 433 g/mol. The lowest BCUT2D eigenvalue weighted by Crippen LogP contribution is -2.37. The van der Waals surface area contributed by atoms with Gasteiger partial charge in [-0.25, -0.2) is 0 Å². The molecular formula is C24H20BrNO2. The van der Waals surface area contributed by atoms with Gasteiger partial charge in [0.1, 0.15) is 0 Å². The Morgan fingerprint density at radius 2 is 1.71 bits per heavy atom. The van der Waals surface area contributed by atoms with Crippen molar-refractivity contribution in [2.45, 2.75) is 32.6 Å². The van der Waals surface area contributed by atoms with Gasteiger partial charge in [-0.2, -0.15) is 0 Å². The number of ketones is 2. The summed E-state index contributed by atoms with van der Waals surface area (Å²) in [5.74, 6) is -0.168. The van der Waals surface area contributed by atoms with Gasteiger partial charge in [0, 0.05) is 44.8 Å². The molecule has 2 aliphatic carbocycles. The number of hydrogen-bond donors (Lipinski definition) is 1. The molecule has 0 saturated heterocycles. The van der Waals surface area contributed by atoms with E-state index in [0.29, 0.717) is 17.6 Å². The third-order valence-electron chi connectivity index (χ3n) is 5.91. The first-order chi connectivity index (χ1) is 13.4. The van der Waals surface area contributed by atoms with Crippen LogP contribution in [0.5, 0.6) is 0 Å². The third kappa shape index (κ3) is 2.55. The summed E-state index contributed by atoms with van der Waals surface area (Å²) in [6.07, 6.45) is 1.30. The Labute approximate surface area is 172 Å². The number of allylic oxidation sites excluding steroid dienone is 3. The zero-order chi connectivity index (χ0) is 19.6. The van der Waals surface area contributed by atoms with E-state index in [2.05, 4.69) is 35.1 Å². The number of carbonyl (C=O) groups excluding carboxylic acids is 2. The lowest BCUT2D eigenvalue weighted by atomic mass is 9.68. The molecule has 3 nitrogen and oxygen atoms in total. The van der Waals surface area contributed by atoms with E-state index in [1.54, 1.807) is 0 Å². The minimum Gasteiger partial charge on any atom is -0.358 e. The smallest absolute Gasteiger partial charge is 0.192 e. The van der Waals surface area contributed by atoms with Crippen molar-refractivity contribution in [2.24, 2.45) is 5.41 Å². The molecule has 0 bridgehead atoms. The van der Waals surface area contributed by atoms with Crippen LogP contribution in [0.4, 0.5) is 0 Å². The fourth-order valence-electron chi connectivity index (χ4n) is 4.81. The van der Waals surface area contributed by atoms with E-state index in [9.17, 15) is 9.59 Å². The summed E-state index contributed by atoms with van der Waals surface area (Å²) >= 11 is 3.55. The summed E-state index contributed by atoms with van der Waals surface area (Å²) in [5, 5.41) is 3.51. The number of fused-ring (bicyclic) bond motifs is 2. The fraction of sp³-hybridized carbons (Fsp3) is 0.250. The third-order valence-corrected chi connectivity index (χ3v) is 6.40. The highest BCUT2D eigenvalue weighted by atomic mass is 79.9. The number of Topliss-reactive ketones (excluding diaryl/α,β-unsaturated/α-hetero) is 2. The number of halogens is 1. The maximum Gasteiger partial charge on any atom is 0.192 e. The van der Waals surface area contributed by atoms with Crippen molar-refractivity contribution in [3.05, 3.63) is 86.5 Å². The number of hydrogen-bond acceptors (Lipinski definition) is 3. The Bertz CT molecular complexity index is 1120. The van der Waals surface area contributed by atoms with Crippen LogP contribution >= 0.6 is 15.9 Å². The summed E-state index contributed by atoms with van der Waals surface area (Å²) in [5.41, 5.74) is 5.83. The molecule has 0 aromatic heterocycles. The van der Waals surface area contributed by atoms with Crippen LogP contribution in [0.2, 0.25) is 0 Å². The zero-order valence-electron chi connectivity index (χ0n) is 15.8. The molecule has 0 saturated carbocycles. The molecule has 2 aromatic carbocycles. The van der Waals surface area contributed by atoms with E-state index in [0.717, 1.165) is 39.0 Å². The highest BCUT2D eigenvalue weighted by Gasteiger charge is 2.46. The Balaban J connectivity index is 1.76. The lowest BCUT2D eigenvalue weighted by Gasteiger charge is -2.39. The Morgan fingerprint density at radius 1 is 0.964 bits per heavy atom. The van der Waals surface area contributed by atoms with E-state index in [1.807, 2.05) is 48.5 Å². The largest absolute Gasteiger partial charge is 0.358 e. The maximum absolute atomic E-state index is 13.4. The molecule has 3 aliphatic rings. The summed E-state index contributed by atoms with van der Waals surface area (Å²) in [7, 11) is 0. The van der Waals surface area contributed by atoms with Gasteiger partial charge in [0.25, 0.3) is 0 Å². The van der Waals surface area contributed by atoms with Gasteiger partial charge in [-0.05, 0) is 29.5 Å². The summed E-state index contributed by atoms with van der Waals surface area (Å²) < 4.78 is 0.944. The molecule has 0 unspecified atom stereocenters. The van der Waals surface area contributed by atoms with Gasteiger partial charge in [0.05, 0.1) is 5.70 Å². The number of rotatable bonds is 1. The van der Waals surface area contributed by atoms with Crippen molar-refractivity contribution < 1.29 is 9.59 Å². The normalized spacial score (nSPS) is 22.6. The molecule has 1 aliphatic heterocycles. The second-order valence-electron chi connectivity index (χ2n) is 8.61. The van der Waals surface area contributed by atoms with Gasteiger partial charge < -0.3 is 5.32 Å². The minimum atomic E-state index is -0.327. The first kappa shape index (κ1) is 17.6. The summed E-state index contributed by atoms with van der Waals surface area (Å²) in [6, 6.07) is 15.7. The van der Waals surface area contributed by atoms with Crippen LogP contribution in [0.25, 0.3) is 5.70 Å². The number of dihydropyridines is 1. The number of benzene rings is 2. The first-order valence-corrected chi connectivity index (χ1v) is 10.3. The van der Waals surface area contributed by atoms with E-state index < -0.39 is 0 Å². The van der Waals surface area contributed by atoms with Crippen LogP contribution in [0.3, 0.4) is 0 Å². The van der Waals surface area contributed by atoms with Crippen molar-refractivity contribution in [1.82, 2.24) is 5.32 Å². The van der Waals surface area contributed by atoms with Crippen molar-refractivity contribution in [3.8, 4) is 0 Å². The SMILES string of the molecule is CC1(C)CC(=O)C2=C(C1)NC1=C(C(=O)c3ccccc31)[C@H]2c1cccc(Br)c1. The first-order valence-electron chi connectivity index (χ1n) is 9.53. The van der Waals surface area contributed by atoms with Crippen molar-refractivity contribution >= 4 is 33.2 Å². The molecule has 1 heterocycles. The predicted molar refractivity (Wildman–Crippen MR) is 113 cm³/mol. The van der Waals surface area contributed by atoms with E-state index in [-0.39, 0.29) is 22.9 Å². The van der Waals surface area contributed by atoms with E-state index in [4.69, 9.17) is 0 Å². The van der Waals surface area contributed by atoms with Crippen molar-refractivity contribution in [3.63, 3.8) is 0 Å². The average Bonchev–Trinajstić information content (AvgIpc) is 2.92. The average molecular weight is 434 g/mol. The molecule has 0 amide bonds. The Hall–Kier alpha value is -2.46. The molecule has 0 spiro atoms. The van der Waals surface area contributed by atoms with Crippen LogP contribution in [-0.4, -0.2) is 11.6 Å².